The summed E-state index contributed by atoms with van der Waals surface area (Å²) in [6, 6.07) is 0. The van der Waals surface area contributed by atoms with Crippen LogP contribution < -0.4 is 29.6 Å². The summed E-state index contributed by atoms with van der Waals surface area (Å²) in [5.74, 6) is 0. The molecular weight excluding hydrogens is 243 g/mol. The first-order chi connectivity index (χ1) is 6.60. The van der Waals surface area contributed by atoms with Gasteiger partial charge in [0.05, 0.1) is 0 Å². The van der Waals surface area contributed by atoms with Crippen molar-refractivity contribution in [1.29, 1.82) is 0 Å². The minimum atomic E-state index is -3.00. The third-order valence-corrected chi connectivity index (χ3v) is 3.95. The molecule has 86 valence electrons. The Morgan fingerprint density at radius 1 is 1.07 bits per heavy atom. The van der Waals surface area contributed by atoms with Crippen LogP contribution in [0.15, 0.2) is 0 Å². The van der Waals surface area contributed by atoms with Crippen LogP contribution in [0.5, 0.6) is 0 Å². The molecule has 0 aromatic rings. The zero-order valence-corrected chi connectivity index (χ0v) is 14.0. The van der Waals surface area contributed by atoms with Crippen LogP contribution >= 0.6 is 12.2 Å². The van der Waals surface area contributed by atoms with Gasteiger partial charge in [-0.15, -0.1) is 0 Å². The van der Waals surface area contributed by atoms with Crippen molar-refractivity contribution >= 4 is 26.3 Å². The Labute approximate surface area is 122 Å². The number of hydrogen-bond donors (Lipinski definition) is 0. The van der Waals surface area contributed by atoms with Gasteiger partial charge in [0.1, 0.15) is 5.05 Å². The Bertz CT molecular complexity index is 170. The van der Waals surface area contributed by atoms with Crippen molar-refractivity contribution in [3.05, 3.63) is 0 Å². The minimum absolute atomic E-state index is 0. The average Bonchev–Trinajstić information content (AvgIpc) is 2.03. The molecule has 0 aliphatic carbocycles. The van der Waals surface area contributed by atoms with Gasteiger partial charge in [0.2, 0.25) is 0 Å². The standard InChI is InChI=1S/C8H18O4SSi.Na.H/c1-5-9-14(10-6-2,11-7-3)12-8(4)13;;/h5-7H2,1-4H3;;/q;+1;-1. The Hall–Kier alpha value is 0.987. The molecule has 0 aromatic carbocycles. The van der Waals surface area contributed by atoms with Crippen molar-refractivity contribution in [3.63, 3.8) is 0 Å². The van der Waals surface area contributed by atoms with Crippen molar-refractivity contribution in [3.8, 4) is 0 Å². The fourth-order valence-electron chi connectivity index (χ4n) is 0.920. The number of rotatable bonds is 7. The van der Waals surface area contributed by atoms with Crippen molar-refractivity contribution in [2.75, 3.05) is 19.8 Å². The summed E-state index contributed by atoms with van der Waals surface area (Å²) in [5, 5.41) is 0.381. The van der Waals surface area contributed by atoms with Crippen LogP contribution in [-0.4, -0.2) is 33.9 Å². The first kappa shape index (κ1) is 18.4. The molecule has 0 bridgehead atoms. The molecule has 0 radical (unpaired) electrons. The van der Waals surface area contributed by atoms with E-state index in [2.05, 4.69) is 0 Å². The SMILES string of the molecule is CCO[Si](OCC)(OCC)OC(C)=S.[H-].[Na+]. The quantitative estimate of drug-likeness (QED) is 0.435. The predicted octanol–water partition coefficient (Wildman–Crippen LogP) is -0.988. The molecular formula is C8H19NaO4SSi. The molecule has 0 unspecified atom stereocenters. The first-order valence-corrected chi connectivity index (χ1v) is 6.75. The van der Waals surface area contributed by atoms with Gasteiger partial charge in [0.15, 0.2) is 0 Å². The number of thiocarbonyl (C=S) groups is 1. The van der Waals surface area contributed by atoms with Gasteiger partial charge in [-0.1, -0.05) is 0 Å². The second-order valence-corrected chi connectivity index (χ2v) is 5.04. The molecule has 0 spiro atoms. The van der Waals surface area contributed by atoms with Gasteiger partial charge in [0, 0.05) is 26.7 Å². The maximum absolute atomic E-state index is 5.41. The molecule has 4 nitrogen and oxygen atoms in total. The second-order valence-electron chi connectivity index (χ2n) is 2.39. The Kier molecular flexibility index (Phi) is 12.4. The maximum Gasteiger partial charge on any atom is 1.00 e. The third-order valence-electron chi connectivity index (χ3n) is 1.23. The zero-order valence-electron chi connectivity index (χ0n) is 11.2. The normalized spacial score (nSPS) is 10.7. The van der Waals surface area contributed by atoms with Crippen LogP contribution in [0.2, 0.25) is 0 Å². The van der Waals surface area contributed by atoms with E-state index in [1.807, 2.05) is 20.8 Å². The Morgan fingerprint density at radius 2 is 1.40 bits per heavy atom. The molecule has 0 aliphatic rings. The monoisotopic (exact) mass is 262 g/mol. The topological polar surface area (TPSA) is 36.9 Å². The first-order valence-electron chi connectivity index (χ1n) is 4.71. The predicted molar refractivity (Wildman–Crippen MR) is 61.1 cm³/mol. The molecule has 0 N–H and O–H groups in total. The summed E-state index contributed by atoms with van der Waals surface area (Å²) < 4.78 is 21.6. The van der Waals surface area contributed by atoms with E-state index in [-0.39, 0.29) is 31.0 Å². The maximum atomic E-state index is 5.41. The molecule has 15 heavy (non-hydrogen) atoms. The molecule has 0 heterocycles. The Morgan fingerprint density at radius 3 is 1.60 bits per heavy atom. The van der Waals surface area contributed by atoms with Gasteiger partial charge in [-0.3, -0.25) is 0 Å². The van der Waals surface area contributed by atoms with Crippen LogP contribution in [0.3, 0.4) is 0 Å². The molecule has 0 aliphatic heterocycles. The van der Waals surface area contributed by atoms with Crippen LogP contribution in [-0.2, 0) is 17.7 Å². The largest absolute Gasteiger partial charge is 1.00 e. The number of hydrogen-bond acceptors (Lipinski definition) is 5. The summed E-state index contributed by atoms with van der Waals surface area (Å²) in [4.78, 5) is 0. The van der Waals surface area contributed by atoms with Gasteiger partial charge >= 0.3 is 38.6 Å². The minimum Gasteiger partial charge on any atom is -1.00 e. The zero-order chi connectivity index (χ0) is 11.0. The van der Waals surface area contributed by atoms with E-state index in [0.29, 0.717) is 24.9 Å². The molecule has 0 fully saturated rings. The summed E-state index contributed by atoms with van der Waals surface area (Å²) in [6.45, 7) is 8.71. The van der Waals surface area contributed by atoms with Crippen LogP contribution in [0, 0.1) is 0 Å². The van der Waals surface area contributed by atoms with Crippen LogP contribution in [0.1, 0.15) is 29.1 Å². The molecule has 0 amide bonds. The summed E-state index contributed by atoms with van der Waals surface area (Å²) in [5.41, 5.74) is 0. The fourth-order valence-corrected chi connectivity index (χ4v) is 3.07. The molecule has 7 heteroatoms. The third kappa shape index (κ3) is 7.81. The van der Waals surface area contributed by atoms with E-state index in [9.17, 15) is 0 Å². The van der Waals surface area contributed by atoms with E-state index in [0.717, 1.165) is 0 Å². The molecule has 0 aromatic heterocycles. The van der Waals surface area contributed by atoms with Gasteiger partial charge in [-0.05, 0) is 33.0 Å². The van der Waals surface area contributed by atoms with Crippen molar-refractivity contribution in [2.24, 2.45) is 0 Å². The fraction of sp³-hybridized carbons (Fsp3) is 0.875. The van der Waals surface area contributed by atoms with Gasteiger partial charge in [0.25, 0.3) is 0 Å². The summed E-state index contributed by atoms with van der Waals surface area (Å²) in [7, 11) is -3.00. The molecule has 0 saturated heterocycles. The van der Waals surface area contributed by atoms with Crippen molar-refractivity contribution in [2.45, 2.75) is 27.7 Å². The van der Waals surface area contributed by atoms with Gasteiger partial charge < -0.3 is 19.1 Å². The summed E-state index contributed by atoms with van der Waals surface area (Å²) in [6.07, 6.45) is 0. The molecule has 0 rings (SSSR count). The van der Waals surface area contributed by atoms with E-state index in [1.54, 1.807) is 6.92 Å². The van der Waals surface area contributed by atoms with Gasteiger partial charge in [-0.2, -0.15) is 0 Å². The average molecular weight is 262 g/mol. The van der Waals surface area contributed by atoms with E-state index in [4.69, 9.17) is 29.9 Å². The van der Waals surface area contributed by atoms with Crippen LogP contribution in [0.4, 0.5) is 0 Å². The van der Waals surface area contributed by atoms with Crippen molar-refractivity contribution in [1.82, 2.24) is 0 Å². The van der Waals surface area contributed by atoms with Gasteiger partial charge in [-0.25, -0.2) is 0 Å². The summed E-state index contributed by atoms with van der Waals surface area (Å²) >= 11 is 4.86. The Balaban J connectivity index is -0.000000845. The molecule has 0 atom stereocenters. The smallest absolute Gasteiger partial charge is 1.00 e. The molecule has 0 saturated carbocycles. The van der Waals surface area contributed by atoms with E-state index < -0.39 is 9.05 Å². The van der Waals surface area contributed by atoms with Crippen molar-refractivity contribution < 1.29 is 48.7 Å². The van der Waals surface area contributed by atoms with Crippen LogP contribution in [0.25, 0.3) is 0 Å². The second kappa shape index (κ2) is 10.2. The van der Waals surface area contributed by atoms with E-state index >= 15 is 0 Å². The van der Waals surface area contributed by atoms with E-state index in [1.165, 1.54) is 0 Å².